The first-order chi connectivity index (χ1) is 13.5. The molecule has 0 aliphatic carbocycles. The van der Waals surface area contributed by atoms with E-state index in [2.05, 4.69) is 15.5 Å². The predicted molar refractivity (Wildman–Crippen MR) is 108 cm³/mol. The van der Waals surface area contributed by atoms with Gasteiger partial charge >= 0.3 is 0 Å². The Balaban J connectivity index is 1.75. The van der Waals surface area contributed by atoms with E-state index in [1.165, 1.54) is 0 Å². The summed E-state index contributed by atoms with van der Waals surface area (Å²) in [6, 6.07) is 11.2. The molecule has 142 valence electrons. The van der Waals surface area contributed by atoms with Crippen LogP contribution in [0.1, 0.15) is 34.6 Å². The fraction of sp³-hybridized carbons (Fsp3) is 0.238. The molecule has 0 fully saturated rings. The van der Waals surface area contributed by atoms with E-state index in [-0.39, 0.29) is 11.9 Å². The summed E-state index contributed by atoms with van der Waals surface area (Å²) in [6.45, 7) is 3.96. The minimum Gasteiger partial charge on any atom is -0.345 e. The van der Waals surface area contributed by atoms with Crippen molar-refractivity contribution in [1.82, 2.24) is 29.9 Å². The Bertz CT molecular complexity index is 1170. The molecule has 7 nitrogen and oxygen atoms in total. The number of para-hydroxylation sites is 1. The molecule has 0 saturated carbocycles. The standard InChI is InChI=1S/C21H22N6O/c1-13(17-12-23-26(3)14(17)2)24-21(28)16-11-19(20-9-10-22-27(20)4)25-18-8-6-5-7-15(16)18/h5-13H,1-4H3,(H,24,28)/t13-/m0/s1. The van der Waals surface area contributed by atoms with E-state index >= 15 is 0 Å². The van der Waals surface area contributed by atoms with Crippen molar-refractivity contribution in [2.75, 3.05) is 0 Å². The van der Waals surface area contributed by atoms with Gasteiger partial charge < -0.3 is 5.32 Å². The number of hydrogen-bond acceptors (Lipinski definition) is 4. The van der Waals surface area contributed by atoms with Crippen molar-refractivity contribution in [1.29, 1.82) is 0 Å². The maximum atomic E-state index is 13.2. The summed E-state index contributed by atoms with van der Waals surface area (Å²) in [5.74, 6) is -0.141. The third kappa shape index (κ3) is 3.05. The van der Waals surface area contributed by atoms with Gasteiger partial charge in [0.05, 0.1) is 34.7 Å². The Morgan fingerprint density at radius 1 is 1.11 bits per heavy atom. The topological polar surface area (TPSA) is 77.6 Å². The number of nitrogens with one attached hydrogen (secondary N) is 1. The van der Waals surface area contributed by atoms with Crippen LogP contribution in [0.3, 0.4) is 0 Å². The number of amides is 1. The lowest BCUT2D eigenvalue weighted by Crippen LogP contribution is -2.27. The summed E-state index contributed by atoms with van der Waals surface area (Å²) in [6.07, 6.45) is 3.52. The second-order valence-electron chi connectivity index (χ2n) is 6.92. The summed E-state index contributed by atoms with van der Waals surface area (Å²) in [7, 11) is 3.75. The van der Waals surface area contributed by atoms with Crippen LogP contribution >= 0.6 is 0 Å². The third-order valence-corrected chi connectivity index (χ3v) is 5.13. The van der Waals surface area contributed by atoms with Crippen LogP contribution in [0.5, 0.6) is 0 Å². The summed E-state index contributed by atoms with van der Waals surface area (Å²) in [4.78, 5) is 17.9. The molecule has 4 aromatic rings. The highest BCUT2D eigenvalue weighted by Crippen LogP contribution is 2.25. The molecule has 0 unspecified atom stereocenters. The minimum atomic E-state index is -0.159. The molecule has 0 radical (unpaired) electrons. The number of aryl methyl sites for hydroxylation is 2. The molecule has 0 spiro atoms. The second kappa shape index (κ2) is 6.92. The fourth-order valence-corrected chi connectivity index (χ4v) is 3.41. The Hall–Kier alpha value is -3.48. The first-order valence-electron chi connectivity index (χ1n) is 9.13. The smallest absolute Gasteiger partial charge is 0.252 e. The summed E-state index contributed by atoms with van der Waals surface area (Å²) in [5, 5.41) is 12.4. The highest BCUT2D eigenvalue weighted by atomic mass is 16.1. The van der Waals surface area contributed by atoms with E-state index in [9.17, 15) is 4.79 Å². The van der Waals surface area contributed by atoms with E-state index in [0.717, 1.165) is 27.9 Å². The van der Waals surface area contributed by atoms with E-state index in [0.29, 0.717) is 11.3 Å². The lowest BCUT2D eigenvalue weighted by atomic mass is 10.0. The number of carbonyl (C=O) groups excluding carboxylic acids is 1. The minimum absolute atomic E-state index is 0.141. The van der Waals surface area contributed by atoms with Crippen molar-refractivity contribution in [3.63, 3.8) is 0 Å². The summed E-state index contributed by atoms with van der Waals surface area (Å²) in [5.41, 5.74) is 4.97. The van der Waals surface area contributed by atoms with Gasteiger partial charge in [0.1, 0.15) is 0 Å². The molecule has 0 aliphatic heterocycles. The molecule has 3 aromatic heterocycles. The first-order valence-corrected chi connectivity index (χ1v) is 9.13. The molecule has 1 N–H and O–H groups in total. The van der Waals surface area contributed by atoms with Crippen LogP contribution in [0.4, 0.5) is 0 Å². The van der Waals surface area contributed by atoms with Crippen molar-refractivity contribution in [2.24, 2.45) is 14.1 Å². The maximum Gasteiger partial charge on any atom is 0.252 e. The van der Waals surface area contributed by atoms with Gasteiger partial charge in [-0.3, -0.25) is 14.2 Å². The zero-order valence-corrected chi connectivity index (χ0v) is 16.3. The second-order valence-corrected chi connectivity index (χ2v) is 6.92. The van der Waals surface area contributed by atoms with Gasteiger partial charge in [-0.25, -0.2) is 4.98 Å². The number of nitrogens with zero attached hydrogens (tertiary/aromatic N) is 5. The van der Waals surface area contributed by atoms with E-state index in [4.69, 9.17) is 4.98 Å². The summed E-state index contributed by atoms with van der Waals surface area (Å²) < 4.78 is 3.56. The van der Waals surface area contributed by atoms with Crippen LogP contribution in [0, 0.1) is 6.92 Å². The Morgan fingerprint density at radius 2 is 1.89 bits per heavy atom. The van der Waals surface area contributed by atoms with Crippen molar-refractivity contribution in [3.8, 4) is 11.4 Å². The van der Waals surface area contributed by atoms with Gasteiger partial charge in [-0.15, -0.1) is 0 Å². The number of hydrogen-bond donors (Lipinski definition) is 1. The quantitative estimate of drug-likeness (QED) is 0.595. The van der Waals surface area contributed by atoms with Gasteiger partial charge in [-0.1, -0.05) is 18.2 Å². The zero-order valence-electron chi connectivity index (χ0n) is 16.3. The number of aromatic nitrogens is 5. The molecule has 1 aromatic carbocycles. The monoisotopic (exact) mass is 374 g/mol. The average molecular weight is 374 g/mol. The van der Waals surface area contributed by atoms with Crippen molar-refractivity contribution >= 4 is 16.8 Å². The van der Waals surface area contributed by atoms with Crippen molar-refractivity contribution in [2.45, 2.75) is 19.9 Å². The van der Waals surface area contributed by atoms with Gasteiger partial charge in [0.2, 0.25) is 0 Å². The third-order valence-electron chi connectivity index (χ3n) is 5.13. The molecule has 0 saturated heterocycles. The maximum absolute atomic E-state index is 13.2. The average Bonchev–Trinajstić information content (AvgIpc) is 3.26. The van der Waals surface area contributed by atoms with E-state index < -0.39 is 0 Å². The first kappa shape index (κ1) is 17.9. The zero-order chi connectivity index (χ0) is 19.8. The van der Waals surface area contributed by atoms with Crippen LogP contribution in [-0.4, -0.2) is 30.5 Å². The lowest BCUT2D eigenvalue weighted by Gasteiger charge is -2.15. The SMILES string of the molecule is Cc1c([C@H](C)NC(=O)c2cc(-c3ccnn3C)nc3ccccc23)cnn1C. The Labute approximate surface area is 163 Å². The van der Waals surface area contributed by atoms with Crippen molar-refractivity contribution < 1.29 is 4.79 Å². The molecular formula is C21H22N6O. The molecule has 3 heterocycles. The molecule has 4 rings (SSSR count). The van der Waals surface area contributed by atoms with Crippen LogP contribution in [0.15, 0.2) is 48.8 Å². The van der Waals surface area contributed by atoms with Crippen LogP contribution in [0.2, 0.25) is 0 Å². The van der Waals surface area contributed by atoms with Gasteiger partial charge in [-0.2, -0.15) is 10.2 Å². The Morgan fingerprint density at radius 3 is 2.57 bits per heavy atom. The molecule has 0 aliphatic rings. The fourth-order valence-electron chi connectivity index (χ4n) is 3.41. The van der Waals surface area contributed by atoms with Crippen LogP contribution in [-0.2, 0) is 14.1 Å². The van der Waals surface area contributed by atoms with E-state index in [1.807, 2.05) is 64.3 Å². The number of benzene rings is 1. The highest BCUT2D eigenvalue weighted by molar-refractivity contribution is 6.07. The normalized spacial score (nSPS) is 12.3. The largest absolute Gasteiger partial charge is 0.345 e. The van der Waals surface area contributed by atoms with Gasteiger partial charge in [0.15, 0.2) is 0 Å². The predicted octanol–water partition coefficient (Wildman–Crippen LogP) is 3.17. The van der Waals surface area contributed by atoms with Gasteiger partial charge in [0, 0.05) is 36.9 Å². The molecule has 1 amide bonds. The highest BCUT2D eigenvalue weighted by Gasteiger charge is 2.19. The Kier molecular flexibility index (Phi) is 4.43. The number of fused-ring (bicyclic) bond motifs is 1. The number of pyridine rings is 1. The lowest BCUT2D eigenvalue weighted by molar-refractivity contribution is 0.0941. The van der Waals surface area contributed by atoms with Gasteiger partial charge in [-0.05, 0) is 32.0 Å². The van der Waals surface area contributed by atoms with E-state index in [1.54, 1.807) is 21.8 Å². The van der Waals surface area contributed by atoms with Gasteiger partial charge in [0.25, 0.3) is 5.91 Å². The van der Waals surface area contributed by atoms with Crippen LogP contribution < -0.4 is 5.32 Å². The summed E-state index contributed by atoms with van der Waals surface area (Å²) >= 11 is 0. The molecule has 7 heteroatoms. The van der Waals surface area contributed by atoms with Crippen LogP contribution in [0.25, 0.3) is 22.3 Å². The molecule has 28 heavy (non-hydrogen) atoms. The molecule has 1 atom stereocenters. The van der Waals surface area contributed by atoms with Crippen molar-refractivity contribution in [3.05, 3.63) is 65.6 Å². The number of carbonyl (C=O) groups is 1. The molecule has 0 bridgehead atoms. The number of rotatable bonds is 4. The molecular weight excluding hydrogens is 352 g/mol.